The van der Waals surface area contributed by atoms with Crippen LogP contribution < -0.4 is 5.32 Å². The van der Waals surface area contributed by atoms with Gasteiger partial charge in [0.25, 0.3) is 0 Å². The first-order valence-electron chi connectivity index (χ1n) is 7.73. The van der Waals surface area contributed by atoms with E-state index < -0.39 is 0 Å². The van der Waals surface area contributed by atoms with Crippen LogP contribution in [0.25, 0.3) is 0 Å². The Kier molecular flexibility index (Phi) is 5.48. The van der Waals surface area contributed by atoms with Crippen LogP contribution in [-0.2, 0) is 0 Å². The second-order valence-electron chi connectivity index (χ2n) is 6.28. The van der Waals surface area contributed by atoms with Gasteiger partial charge in [0, 0.05) is 24.2 Å². The Morgan fingerprint density at radius 3 is 2.60 bits per heavy atom. The summed E-state index contributed by atoms with van der Waals surface area (Å²) in [6.07, 6.45) is 3.89. The molecule has 1 fully saturated rings. The molecule has 2 nitrogen and oxygen atoms in total. The number of benzene rings is 1. The van der Waals surface area contributed by atoms with Gasteiger partial charge in [-0.25, -0.2) is 0 Å². The summed E-state index contributed by atoms with van der Waals surface area (Å²) in [5.74, 6) is 0. The number of hydrogen-bond donors (Lipinski definition) is 1. The fourth-order valence-corrected chi connectivity index (χ4v) is 3.37. The number of hydrogen-bond acceptors (Lipinski definition) is 2. The SMILES string of the molecule is CCC1(CN(C)C(C)c2ccc(Cl)cc2)CCCNC1. The van der Waals surface area contributed by atoms with E-state index in [4.69, 9.17) is 11.6 Å². The highest BCUT2D eigenvalue weighted by molar-refractivity contribution is 6.30. The van der Waals surface area contributed by atoms with Gasteiger partial charge in [-0.1, -0.05) is 30.7 Å². The van der Waals surface area contributed by atoms with Crippen molar-refractivity contribution in [2.75, 3.05) is 26.7 Å². The molecule has 1 aromatic rings. The van der Waals surface area contributed by atoms with E-state index >= 15 is 0 Å². The molecule has 1 saturated heterocycles. The second kappa shape index (κ2) is 6.93. The summed E-state index contributed by atoms with van der Waals surface area (Å²) in [5.41, 5.74) is 1.78. The maximum Gasteiger partial charge on any atom is 0.0406 e. The minimum Gasteiger partial charge on any atom is -0.316 e. The van der Waals surface area contributed by atoms with Gasteiger partial charge < -0.3 is 5.32 Å². The van der Waals surface area contributed by atoms with Crippen LogP contribution in [0, 0.1) is 5.41 Å². The van der Waals surface area contributed by atoms with E-state index in [0.717, 1.165) is 18.1 Å². The Labute approximate surface area is 128 Å². The maximum absolute atomic E-state index is 5.97. The van der Waals surface area contributed by atoms with E-state index in [2.05, 4.69) is 43.2 Å². The minimum absolute atomic E-state index is 0.428. The van der Waals surface area contributed by atoms with Crippen molar-refractivity contribution in [3.8, 4) is 0 Å². The lowest BCUT2D eigenvalue weighted by molar-refractivity contribution is 0.106. The zero-order valence-electron chi connectivity index (χ0n) is 13.0. The fourth-order valence-electron chi connectivity index (χ4n) is 3.24. The predicted octanol–water partition coefficient (Wildman–Crippen LogP) is 4.11. The molecular weight excluding hydrogens is 268 g/mol. The van der Waals surface area contributed by atoms with Gasteiger partial charge in [0.2, 0.25) is 0 Å². The summed E-state index contributed by atoms with van der Waals surface area (Å²) in [7, 11) is 2.24. The van der Waals surface area contributed by atoms with Crippen molar-refractivity contribution < 1.29 is 0 Å². The summed E-state index contributed by atoms with van der Waals surface area (Å²) in [6, 6.07) is 8.68. The highest BCUT2D eigenvalue weighted by Crippen LogP contribution is 2.33. The smallest absolute Gasteiger partial charge is 0.0406 e. The third kappa shape index (κ3) is 3.75. The van der Waals surface area contributed by atoms with Crippen LogP contribution in [0.4, 0.5) is 0 Å². The molecule has 0 spiro atoms. The average Bonchev–Trinajstić information content (AvgIpc) is 2.48. The monoisotopic (exact) mass is 294 g/mol. The number of halogens is 1. The van der Waals surface area contributed by atoms with E-state index in [0.29, 0.717) is 11.5 Å². The van der Waals surface area contributed by atoms with Crippen molar-refractivity contribution in [1.29, 1.82) is 0 Å². The van der Waals surface area contributed by atoms with Gasteiger partial charge in [0.05, 0.1) is 0 Å². The van der Waals surface area contributed by atoms with Crippen LogP contribution in [0.3, 0.4) is 0 Å². The number of nitrogens with one attached hydrogen (secondary N) is 1. The number of nitrogens with zero attached hydrogens (tertiary/aromatic N) is 1. The molecule has 1 aromatic carbocycles. The molecule has 1 heterocycles. The molecule has 112 valence electrons. The van der Waals surface area contributed by atoms with Crippen LogP contribution in [0.5, 0.6) is 0 Å². The molecule has 2 unspecified atom stereocenters. The summed E-state index contributed by atoms with van der Waals surface area (Å²) in [6.45, 7) is 8.09. The molecule has 1 aliphatic heterocycles. The molecule has 3 heteroatoms. The summed E-state index contributed by atoms with van der Waals surface area (Å²) in [5, 5.41) is 4.38. The highest BCUT2D eigenvalue weighted by Gasteiger charge is 2.32. The molecule has 0 aliphatic carbocycles. The molecule has 0 amide bonds. The van der Waals surface area contributed by atoms with Gasteiger partial charge in [-0.3, -0.25) is 4.90 Å². The third-order valence-electron chi connectivity index (χ3n) is 4.91. The second-order valence-corrected chi connectivity index (χ2v) is 6.71. The molecule has 1 aliphatic rings. The Balaban J connectivity index is 2.02. The van der Waals surface area contributed by atoms with Gasteiger partial charge in [0.1, 0.15) is 0 Å². The summed E-state index contributed by atoms with van der Waals surface area (Å²) < 4.78 is 0. The number of piperidine rings is 1. The number of rotatable bonds is 5. The van der Waals surface area contributed by atoms with Gasteiger partial charge in [-0.2, -0.15) is 0 Å². The van der Waals surface area contributed by atoms with Crippen LogP contribution in [-0.4, -0.2) is 31.6 Å². The third-order valence-corrected chi connectivity index (χ3v) is 5.16. The van der Waals surface area contributed by atoms with Gasteiger partial charge >= 0.3 is 0 Å². The van der Waals surface area contributed by atoms with Gasteiger partial charge in [-0.15, -0.1) is 0 Å². The Hall–Kier alpha value is -0.570. The Morgan fingerprint density at radius 2 is 2.05 bits per heavy atom. The molecule has 0 radical (unpaired) electrons. The topological polar surface area (TPSA) is 15.3 Å². The van der Waals surface area contributed by atoms with Crippen molar-refractivity contribution >= 4 is 11.6 Å². The lowest BCUT2D eigenvalue weighted by Crippen LogP contribution is -2.46. The van der Waals surface area contributed by atoms with Crippen LogP contribution in [0.15, 0.2) is 24.3 Å². The largest absolute Gasteiger partial charge is 0.316 e. The fraction of sp³-hybridized carbons (Fsp3) is 0.647. The average molecular weight is 295 g/mol. The molecule has 20 heavy (non-hydrogen) atoms. The molecule has 2 rings (SSSR count). The van der Waals surface area contributed by atoms with Crippen molar-refractivity contribution in [1.82, 2.24) is 10.2 Å². The maximum atomic E-state index is 5.97. The summed E-state index contributed by atoms with van der Waals surface area (Å²) in [4.78, 5) is 2.49. The first-order valence-corrected chi connectivity index (χ1v) is 8.10. The summed E-state index contributed by atoms with van der Waals surface area (Å²) >= 11 is 5.97. The van der Waals surface area contributed by atoms with E-state index in [-0.39, 0.29) is 0 Å². The normalized spacial score (nSPS) is 24.9. The highest BCUT2D eigenvalue weighted by atomic mass is 35.5. The van der Waals surface area contributed by atoms with Crippen molar-refractivity contribution in [2.45, 2.75) is 39.2 Å². The first kappa shape index (κ1) is 15.8. The first-order chi connectivity index (χ1) is 9.56. The lowest BCUT2D eigenvalue weighted by atomic mass is 9.77. The quantitative estimate of drug-likeness (QED) is 0.879. The van der Waals surface area contributed by atoms with Gasteiger partial charge in [-0.05, 0) is 62.9 Å². The zero-order chi connectivity index (χ0) is 14.6. The van der Waals surface area contributed by atoms with Crippen LogP contribution >= 0.6 is 11.6 Å². The molecule has 1 N–H and O–H groups in total. The van der Waals surface area contributed by atoms with Crippen molar-refractivity contribution in [2.24, 2.45) is 5.41 Å². The zero-order valence-corrected chi connectivity index (χ0v) is 13.7. The van der Waals surface area contributed by atoms with Crippen molar-refractivity contribution in [3.05, 3.63) is 34.9 Å². The molecule has 0 bridgehead atoms. The Bertz CT molecular complexity index is 410. The Morgan fingerprint density at radius 1 is 1.35 bits per heavy atom. The molecule has 0 saturated carbocycles. The molecule has 2 atom stereocenters. The van der Waals surface area contributed by atoms with E-state index in [1.807, 2.05) is 12.1 Å². The van der Waals surface area contributed by atoms with Crippen molar-refractivity contribution in [3.63, 3.8) is 0 Å². The molecular formula is C17H27ClN2. The molecule has 0 aromatic heterocycles. The van der Waals surface area contributed by atoms with Gasteiger partial charge in [0.15, 0.2) is 0 Å². The van der Waals surface area contributed by atoms with E-state index in [1.165, 1.54) is 31.4 Å². The predicted molar refractivity (Wildman–Crippen MR) is 87.3 cm³/mol. The van der Waals surface area contributed by atoms with Crippen LogP contribution in [0.2, 0.25) is 5.02 Å². The van der Waals surface area contributed by atoms with E-state index in [9.17, 15) is 0 Å². The van der Waals surface area contributed by atoms with Crippen LogP contribution in [0.1, 0.15) is 44.7 Å². The minimum atomic E-state index is 0.428. The standard InChI is InChI=1S/C17H27ClN2/c1-4-17(10-5-11-19-12-17)13-20(3)14(2)15-6-8-16(18)9-7-15/h6-9,14,19H,4-5,10-13H2,1-3H3. The van der Waals surface area contributed by atoms with E-state index in [1.54, 1.807) is 0 Å². The lowest BCUT2D eigenvalue weighted by Gasteiger charge is -2.41.